The van der Waals surface area contributed by atoms with Crippen LogP contribution in [0.4, 0.5) is 0 Å². The number of hydrogen-bond donors (Lipinski definition) is 1. The van der Waals surface area contributed by atoms with E-state index < -0.39 is 0 Å². The van der Waals surface area contributed by atoms with E-state index in [0.717, 1.165) is 16.7 Å². The maximum absolute atomic E-state index is 11.9. The maximum atomic E-state index is 11.9. The molecule has 0 saturated heterocycles. The second kappa shape index (κ2) is 6.18. The Balaban J connectivity index is 1.80. The van der Waals surface area contributed by atoms with Crippen molar-refractivity contribution in [3.63, 3.8) is 0 Å². The normalized spacial score (nSPS) is 11.4. The molecule has 0 aliphatic heterocycles. The third kappa shape index (κ3) is 3.01. The highest BCUT2D eigenvalue weighted by Gasteiger charge is 2.04. The summed E-state index contributed by atoms with van der Waals surface area (Å²) in [5, 5.41) is 6.50. The average Bonchev–Trinajstić information content (AvgIpc) is 2.59. The van der Waals surface area contributed by atoms with Crippen LogP contribution in [-0.4, -0.2) is 16.6 Å². The van der Waals surface area contributed by atoms with Gasteiger partial charge in [0.25, 0.3) is 5.91 Å². The first kappa shape index (κ1) is 13.9. The van der Waals surface area contributed by atoms with E-state index in [0.29, 0.717) is 5.56 Å². The van der Waals surface area contributed by atoms with E-state index in [4.69, 9.17) is 0 Å². The zero-order valence-corrected chi connectivity index (χ0v) is 12.2. The fourth-order valence-corrected chi connectivity index (χ4v) is 2.18. The van der Waals surface area contributed by atoms with E-state index in [1.165, 1.54) is 5.39 Å². The Hall–Kier alpha value is -3.01. The summed E-state index contributed by atoms with van der Waals surface area (Å²) in [6, 6.07) is 17.5. The first-order valence-electron chi connectivity index (χ1n) is 6.98. The molecule has 0 aliphatic carbocycles. The summed E-state index contributed by atoms with van der Waals surface area (Å²) in [5.74, 6) is -0.248. The molecule has 0 radical (unpaired) electrons. The van der Waals surface area contributed by atoms with Crippen LogP contribution in [0.15, 0.2) is 72.1 Å². The largest absolute Gasteiger partial charge is 0.271 e. The molecule has 108 valence electrons. The van der Waals surface area contributed by atoms with Gasteiger partial charge in [0, 0.05) is 18.0 Å². The van der Waals surface area contributed by atoms with Gasteiger partial charge in [-0.15, -0.1) is 0 Å². The number of rotatable bonds is 3. The van der Waals surface area contributed by atoms with Crippen molar-refractivity contribution in [1.29, 1.82) is 0 Å². The summed E-state index contributed by atoms with van der Waals surface area (Å²) >= 11 is 0. The van der Waals surface area contributed by atoms with Gasteiger partial charge >= 0.3 is 0 Å². The Morgan fingerprint density at radius 2 is 1.68 bits per heavy atom. The zero-order chi connectivity index (χ0) is 15.4. The van der Waals surface area contributed by atoms with Crippen LogP contribution in [0, 0.1) is 0 Å². The zero-order valence-electron chi connectivity index (χ0n) is 12.2. The molecule has 4 heteroatoms. The van der Waals surface area contributed by atoms with Crippen molar-refractivity contribution in [1.82, 2.24) is 10.4 Å². The summed E-state index contributed by atoms with van der Waals surface area (Å²) in [6.07, 6.45) is 3.16. The lowest BCUT2D eigenvalue weighted by Crippen LogP contribution is -2.19. The molecule has 1 heterocycles. The van der Waals surface area contributed by atoms with E-state index in [1.807, 2.05) is 31.2 Å². The number of pyridine rings is 1. The summed E-state index contributed by atoms with van der Waals surface area (Å²) in [5.41, 5.74) is 4.84. The highest BCUT2D eigenvalue weighted by molar-refractivity contribution is 6.03. The van der Waals surface area contributed by atoms with Crippen molar-refractivity contribution in [2.75, 3.05) is 0 Å². The number of nitrogens with one attached hydrogen (secondary N) is 1. The second-order valence-electron chi connectivity index (χ2n) is 4.94. The molecule has 1 aromatic heterocycles. The molecule has 0 fully saturated rings. The van der Waals surface area contributed by atoms with Gasteiger partial charge in [-0.05, 0) is 41.5 Å². The average molecular weight is 289 g/mol. The van der Waals surface area contributed by atoms with Crippen LogP contribution in [-0.2, 0) is 0 Å². The molecule has 0 unspecified atom stereocenters. The van der Waals surface area contributed by atoms with Gasteiger partial charge in [-0.25, -0.2) is 5.43 Å². The minimum atomic E-state index is -0.248. The number of hydrogen-bond acceptors (Lipinski definition) is 3. The molecule has 4 nitrogen and oxygen atoms in total. The van der Waals surface area contributed by atoms with Gasteiger partial charge in [-0.3, -0.25) is 9.78 Å². The Morgan fingerprint density at radius 3 is 2.45 bits per heavy atom. The van der Waals surface area contributed by atoms with Crippen LogP contribution >= 0.6 is 0 Å². The SMILES string of the molecule is CC(=NNC(=O)c1ccncc1)c1ccc2ccccc2c1. The summed E-state index contributed by atoms with van der Waals surface area (Å²) in [4.78, 5) is 15.8. The third-order valence-corrected chi connectivity index (χ3v) is 3.43. The number of carbonyl (C=O) groups is 1. The first-order chi connectivity index (χ1) is 10.7. The lowest BCUT2D eigenvalue weighted by molar-refractivity contribution is 0.0954. The number of aromatic nitrogens is 1. The van der Waals surface area contributed by atoms with Crippen molar-refractivity contribution in [2.45, 2.75) is 6.92 Å². The number of hydrazone groups is 1. The van der Waals surface area contributed by atoms with Crippen LogP contribution in [0.1, 0.15) is 22.8 Å². The Morgan fingerprint density at radius 1 is 0.955 bits per heavy atom. The van der Waals surface area contributed by atoms with Gasteiger partial charge in [0.05, 0.1) is 5.71 Å². The van der Waals surface area contributed by atoms with E-state index in [-0.39, 0.29) is 5.91 Å². The van der Waals surface area contributed by atoms with Crippen LogP contribution in [0.5, 0.6) is 0 Å². The molecule has 0 spiro atoms. The molecular formula is C18H15N3O. The van der Waals surface area contributed by atoms with E-state index in [1.54, 1.807) is 24.5 Å². The van der Waals surface area contributed by atoms with Gasteiger partial charge in [-0.2, -0.15) is 5.10 Å². The summed E-state index contributed by atoms with van der Waals surface area (Å²) < 4.78 is 0. The van der Waals surface area contributed by atoms with Gasteiger partial charge < -0.3 is 0 Å². The fraction of sp³-hybridized carbons (Fsp3) is 0.0556. The number of benzene rings is 2. The van der Waals surface area contributed by atoms with E-state index >= 15 is 0 Å². The molecule has 2 aromatic carbocycles. The fourth-order valence-electron chi connectivity index (χ4n) is 2.18. The summed E-state index contributed by atoms with van der Waals surface area (Å²) in [6.45, 7) is 1.87. The monoisotopic (exact) mass is 289 g/mol. The number of carbonyl (C=O) groups excluding carboxylic acids is 1. The Labute approximate surface area is 128 Å². The highest BCUT2D eigenvalue weighted by atomic mass is 16.2. The van der Waals surface area contributed by atoms with Gasteiger partial charge in [0.2, 0.25) is 0 Å². The molecule has 22 heavy (non-hydrogen) atoms. The van der Waals surface area contributed by atoms with Crippen molar-refractivity contribution < 1.29 is 4.79 Å². The second-order valence-corrected chi connectivity index (χ2v) is 4.94. The third-order valence-electron chi connectivity index (χ3n) is 3.43. The Bertz CT molecular complexity index is 841. The van der Waals surface area contributed by atoms with Gasteiger partial charge in [0.15, 0.2) is 0 Å². The minimum absolute atomic E-state index is 0.248. The van der Waals surface area contributed by atoms with Crippen LogP contribution in [0.25, 0.3) is 10.8 Å². The minimum Gasteiger partial charge on any atom is -0.267 e. The smallest absolute Gasteiger partial charge is 0.267 e. The molecule has 3 rings (SSSR count). The summed E-state index contributed by atoms with van der Waals surface area (Å²) in [7, 11) is 0. The topological polar surface area (TPSA) is 54.4 Å². The number of amides is 1. The highest BCUT2D eigenvalue weighted by Crippen LogP contribution is 2.16. The van der Waals surface area contributed by atoms with Crippen molar-refractivity contribution in [2.24, 2.45) is 5.10 Å². The van der Waals surface area contributed by atoms with Crippen LogP contribution in [0.3, 0.4) is 0 Å². The van der Waals surface area contributed by atoms with E-state index in [9.17, 15) is 4.79 Å². The van der Waals surface area contributed by atoms with Crippen molar-refractivity contribution >= 4 is 22.4 Å². The van der Waals surface area contributed by atoms with E-state index in [2.05, 4.69) is 33.7 Å². The predicted octanol–water partition coefficient (Wildman–Crippen LogP) is 3.39. The molecule has 1 N–H and O–H groups in total. The molecule has 0 saturated carbocycles. The lowest BCUT2D eigenvalue weighted by Gasteiger charge is -2.04. The molecule has 0 atom stereocenters. The number of fused-ring (bicyclic) bond motifs is 1. The Kier molecular flexibility index (Phi) is 3.92. The van der Waals surface area contributed by atoms with Crippen molar-refractivity contribution in [3.8, 4) is 0 Å². The first-order valence-corrected chi connectivity index (χ1v) is 6.98. The van der Waals surface area contributed by atoms with Crippen molar-refractivity contribution in [3.05, 3.63) is 78.1 Å². The number of nitrogens with zero attached hydrogens (tertiary/aromatic N) is 2. The van der Waals surface area contributed by atoms with Crippen LogP contribution < -0.4 is 5.43 Å². The molecule has 0 aliphatic rings. The van der Waals surface area contributed by atoms with Crippen LogP contribution in [0.2, 0.25) is 0 Å². The molecule has 3 aromatic rings. The standard InChI is InChI=1S/C18H15N3O/c1-13(20-21-18(22)15-8-10-19-11-9-15)16-7-6-14-4-2-3-5-17(14)12-16/h2-12H,1H3,(H,21,22). The van der Waals surface area contributed by atoms with Gasteiger partial charge in [0.1, 0.15) is 0 Å². The quantitative estimate of drug-likeness (QED) is 0.593. The predicted molar refractivity (Wildman–Crippen MR) is 87.9 cm³/mol. The maximum Gasteiger partial charge on any atom is 0.271 e. The molecule has 1 amide bonds. The molecular weight excluding hydrogens is 274 g/mol. The molecule has 0 bridgehead atoms. The van der Waals surface area contributed by atoms with Gasteiger partial charge in [-0.1, -0.05) is 36.4 Å². The lowest BCUT2D eigenvalue weighted by atomic mass is 10.0.